The van der Waals surface area contributed by atoms with Crippen LogP contribution in [-0.2, 0) is 0 Å². The molecule has 0 spiro atoms. The first-order valence-corrected chi connectivity index (χ1v) is 12.9. The van der Waals surface area contributed by atoms with Crippen molar-refractivity contribution in [2.75, 3.05) is 19.6 Å². The minimum absolute atomic E-state index is 0.316. The Balaban J connectivity index is 1.88. The molecule has 0 saturated carbocycles. The second kappa shape index (κ2) is 17.1. The molecule has 0 amide bonds. The first kappa shape index (κ1) is 26.4. The highest BCUT2D eigenvalue weighted by Crippen LogP contribution is 2.23. The Morgan fingerprint density at radius 1 is 0.828 bits per heavy atom. The van der Waals surface area contributed by atoms with Crippen LogP contribution in [0, 0.1) is 0 Å². The number of aliphatic hydroxyl groups excluding tert-OH is 1. The van der Waals surface area contributed by atoms with Gasteiger partial charge in [0.2, 0.25) is 5.84 Å². The minimum atomic E-state index is -0.316. The fraction of sp³-hybridized carbons (Fsp3) is 0.885. The summed E-state index contributed by atoms with van der Waals surface area (Å²) in [7, 11) is 0. The molecule has 1 N–H and O–H groups in total. The van der Waals surface area contributed by atoms with E-state index in [2.05, 4.69) is 26.0 Å². The number of amidine groups is 1. The van der Waals surface area contributed by atoms with Crippen molar-refractivity contribution in [3.63, 3.8) is 0 Å². The van der Waals surface area contributed by atoms with E-state index in [0.717, 1.165) is 30.5 Å². The van der Waals surface area contributed by atoms with Gasteiger partial charge in [-0.15, -0.1) is 0 Å². The normalized spacial score (nSPS) is 20.5. The van der Waals surface area contributed by atoms with Crippen molar-refractivity contribution in [3.05, 3.63) is 12.2 Å². The largest absolute Gasteiger partial charge is 0.345 e. The van der Waals surface area contributed by atoms with Crippen LogP contribution in [0.5, 0.6) is 0 Å². The Bertz CT molecular complexity index is 444. The van der Waals surface area contributed by atoms with Crippen LogP contribution in [0.2, 0.25) is 0 Å². The Kier molecular flexibility index (Phi) is 15.5. The number of likely N-dealkylation sites (N-methyl/N-ethyl adjacent to an activating group) is 1. The fourth-order valence-corrected chi connectivity index (χ4v) is 4.63. The summed E-state index contributed by atoms with van der Waals surface area (Å²) in [6.45, 7) is 9.21. The van der Waals surface area contributed by atoms with Gasteiger partial charge in [0.05, 0.1) is 13.1 Å². The minimum Gasteiger partial charge on any atom is -0.345 e. The van der Waals surface area contributed by atoms with Crippen LogP contribution >= 0.6 is 0 Å². The molecule has 0 bridgehead atoms. The van der Waals surface area contributed by atoms with Gasteiger partial charge >= 0.3 is 0 Å². The molecule has 3 nitrogen and oxygen atoms in total. The van der Waals surface area contributed by atoms with Crippen molar-refractivity contribution in [2.45, 2.75) is 130 Å². The lowest BCUT2D eigenvalue weighted by Gasteiger charge is -2.36. The number of aliphatic imine (C=N–C) groups is 1. The van der Waals surface area contributed by atoms with Gasteiger partial charge in [0.25, 0.3) is 0 Å². The molecule has 2 atom stereocenters. The van der Waals surface area contributed by atoms with E-state index in [-0.39, 0.29) is 6.23 Å². The highest BCUT2D eigenvalue weighted by molar-refractivity contribution is 5.76. The summed E-state index contributed by atoms with van der Waals surface area (Å²) in [6.07, 6.45) is 25.9. The van der Waals surface area contributed by atoms with Crippen LogP contribution in [-0.4, -0.2) is 41.3 Å². The molecule has 3 heteroatoms. The maximum absolute atomic E-state index is 10.2. The molecule has 0 aromatic rings. The third kappa shape index (κ3) is 10.8. The molecular formula is C26H51N2O+. The van der Waals surface area contributed by atoms with Crippen LogP contribution in [0.3, 0.4) is 0 Å². The molecule has 0 aromatic carbocycles. The van der Waals surface area contributed by atoms with E-state index in [0.29, 0.717) is 0 Å². The summed E-state index contributed by atoms with van der Waals surface area (Å²) in [6, 6.07) is 0. The molecule has 0 aromatic heterocycles. The number of aliphatic hydroxyl groups is 1. The van der Waals surface area contributed by atoms with Crippen LogP contribution in [0.4, 0.5) is 0 Å². The van der Waals surface area contributed by atoms with E-state index >= 15 is 0 Å². The van der Waals surface area contributed by atoms with E-state index < -0.39 is 0 Å². The Morgan fingerprint density at radius 2 is 1.34 bits per heavy atom. The number of rotatable bonds is 19. The molecule has 170 valence electrons. The Labute approximate surface area is 182 Å². The van der Waals surface area contributed by atoms with Crippen LogP contribution in [0.1, 0.15) is 124 Å². The highest BCUT2D eigenvalue weighted by Gasteiger charge is 2.40. The predicted octanol–water partition coefficient (Wildman–Crippen LogP) is 7.39. The first-order valence-electron chi connectivity index (χ1n) is 12.9. The van der Waals surface area contributed by atoms with E-state index in [4.69, 9.17) is 4.99 Å². The van der Waals surface area contributed by atoms with Crippen LogP contribution < -0.4 is 0 Å². The lowest BCUT2D eigenvalue weighted by atomic mass is 10.0. The highest BCUT2D eigenvalue weighted by atomic mass is 16.3. The topological polar surface area (TPSA) is 32.6 Å². The molecule has 29 heavy (non-hydrogen) atoms. The molecule has 1 rings (SSSR count). The molecular weight excluding hydrogens is 356 g/mol. The summed E-state index contributed by atoms with van der Waals surface area (Å²) in [4.78, 5) is 4.72. The fourth-order valence-electron chi connectivity index (χ4n) is 4.63. The Morgan fingerprint density at radius 3 is 1.86 bits per heavy atom. The second-order valence-corrected chi connectivity index (χ2v) is 9.05. The van der Waals surface area contributed by atoms with Gasteiger partial charge < -0.3 is 5.11 Å². The molecule has 1 aliphatic heterocycles. The number of allylic oxidation sites excluding steroid dienone is 2. The van der Waals surface area contributed by atoms with Gasteiger partial charge in [0.15, 0.2) is 6.23 Å². The summed E-state index contributed by atoms with van der Waals surface area (Å²) < 4.78 is 0.717. The van der Waals surface area contributed by atoms with Gasteiger partial charge in [-0.3, -0.25) is 4.48 Å². The maximum Gasteiger partial charge on any atom is 0.200 e. The maximum atomic E-state index is 10.2. The predicted molar refractivity (Wildman–Crippen MR) is 128 cm³/mol. The molecule has 0 saturated heterocycles. The summed E-state index contributed by atoms with van der Waals surface area (Å²) >= 11 is 0. The number of nitrogens with zero attached hydrogens (tertiary/aromatic N) is 2. The van der Waals surface area contributed by atoms with Crippen molar-refractivity contribution >= 4 is 5.84 Å². The van der Waals surface area contributed by atoms with E-state index in [1.807, 2.05) is 6.92 Å². The second-order valence-electron chi connectivity index (χ2n) is 9.05. The number of quaternary nitrogens is 1. The number of unbranched alkanes of at least 4 members (excludes halogenated alkanes) is 13. The lowest BCUT2D eigenvalue weighted by molar-refractivity contribution is -0.882. The van der Waals surface area contributed by atoms with Gasteiger partial charge in [0.1, 0.15) is 6.54 Å². The molecule has 2 unspecified atom stereocenters. The smallest absolute Gasteiger partial charge is 0.200 e. The Hall–Kier alpha value is -0.670. The summed E-state index contributed by atoms with van der Waals surface area (Å²) in [5.74, 6) is 1.25. The average Bonchev–Trinajstić information content (AvgIpc) is 3.14. The molecule has 0 radical (unpaired) electrons. The quantitative estimate of drug-likeness (QED) is 0.135. The monoisotopic (exact) mass is 407 g/mol. The number of hydrogen-bond donors (Lipinski definition) is 1. The van der Waals surface area contributed by atoms with Crippen molar-refractivity contribution in [2.24, 2.45) is 4.99 Å². The molecule has 0 fully saturated rings. The zero-order valence-electron chi connectivity index (χ0n) is 20.0. The zero-order valence-corrected chi connectivity index (χ0v) is 20.0. The van der Waals surface area contributed by atoms with E-state index in [1.165, 1.54) is 102 Å². The number of hydrogen-bond acceptors (Lipinski definition) is 2. The van der Waals surface area contributed by atoms with E-state index in [9.17, 15) is 5.11 Å². The first-order chi connectivity index (χ1) is 14.2. The van der Waals surface area contributed by atoms with Gasteiger partial charge in [-0.25, -0.2) is 4.99 Å². The summed E-state index contributed by atoms with van der Waals surface area (Å²) in [5, 5.41) is 10.2. The standard InChI is InChI=1S/C26H51N2O/c1-4-6-7-8-9-10-11-12-13-14-15-16-17-18-19-20-21-22-26-27-23-24-28(26,5-2)25(3)29/h8-9,25,29H,4-7,10-24H2,1-3H3/q+1/b9-8+. The molecule has 0 aliphatic carbocycles. The van der Waals surface area contributed by atoms with Gasteiger partial charge in [-0.05, 0) is 32.6 Å². The third-order valence-electron chi connectivity index (χ3n) is 6.75. The van der Waals surface area contributed by atoms with Gasteiger partial charge in [-0.2, -0.15) is 0 Å². The summed E-state index contributed by atoms with van der Waals surface area (Å²) in [5.41, 5.74) is 0. The van der Waals surface area contributed by atoms with Crippen molar-refractivity contribution in [1.29, 1.82) is 0 Å². The molecule has 1 aliphatic rings. The van der Waals surface area contributed by atoms with Crippen molar-refractivity contribution in [1.82, 2.24) is 0 Å². The van der Waals surface area contributed by atoms with Gasteiger partial charge in [-0.1, -0.05) is 89.7 Å². The third-order valence-corrected chi connectivity index (χ3v) is 6.75. The van der Waals surface area contributed by atoms with Crippen molar-refractivity contribution < 1.29 is 9.59 Å². The average molecular weight is 408 g/mol. The van der Waals surface area contributed by atoms with Crippen LogP contribution in [0.15, 0.2) is 17.1 Å². The van der Waals surface area contributed by atoms with Crippen LogP contribution in [0.25, 0.3) is 0 Å². The van der Waals surface area contributed by atoms with Crippen molar-refractivity contribution in [3.8, 4) is 0 Å². The SMILES string of the molecule is CCCC/C=C/CCCCCCCCCCCCCC1=NCC[N+]1(CC)C(C)O. The van der Waals surface area contributed by atoms with E-state index in [1.54, 1.807) is 0 Å². The van der Waals surface area contributed by atoms with Gasteiger partial charge in [0, 0.05) is 13.3 Å². The molecule has 1 heterocycles. The zero-order chi connectivity index (χ0) is 21.2. The lowest BCUT2D eigenvalue weighted by Crippen LogP contribution is -2.56.